The molecule has 0 bridgehead atoms. The summed E-state index contributed by atoms with van der Waals surface area (Å²) in [5.74, 6) is -0.904. The molecule has 2 aromatic carbocycles. The molecule has 0 saturated carbocycles. The number of halogens is 2. The third-order valence-corrected chi connectivity index (χ3v) is 6.11. The van der Waals surface area contributed by atoms with Crippen molar-refractivity contribution in [1.29, 1.82) is 0 Å². The first-order valence-electron chi connectivity index (χ1n) is 11.0. The smallest absolute Gasteiger partial charge is 0.203 e. The van der Waals surface area contributed by atoms with Crippen LogP contribution < -0.4 is 11.2 Å². The van der Waals surface area contributed by atoms with Crippen molar-refractivity contribution in [3.05, 3.63) is 88.3 Å². The van der Waals surface area contributed by atoms with Crippen LogP contribution in [0.1, 0.15) is 24.4 Å². The van der Waals surface area contributed by atoms with Gasteiger partial charge in [0.15, 0.2) is 5.65 Å². The Kier molecular flexibility index (Phi) is 4.92. The second-order valence-electron chi connectivity index (χ2n) is 8.29. The number of nitrogens with two attached hydrogens (primary N) is 1. The van der Waals surface area contributed by atoms with Gasteiger partial charge in [-0.2, -0.15) is 15.3 Å². The molecule has 36 heavy (non-hydrogen) atoms. The molecule has 3 aromatic heterocycles. The molecule has 0 amide bonds. The molecule has 0 spiro atoms. The average molecular weight is 485 g/mol. The minimum absolute atomic E-state index is 0.0249. The molecule has 1 aliphatic rings. The zero-order chi connectivity index (χ0) is 25.0. The Morgan fingerprint density at radius 1 is 1.11 bits per heavy atom. The van der Waals surface area contributed by atoms with E-state index in [4.69, 9.17) is 15.2 Å². The number of nitrogens with zero attached hydrogens (tertiary/aromatic N) is 6. The first-order chi connectivity index (χ1) is 17.4. The van der Waals surface area contributed by atoms with Crippen LogP contribution in [0.15, 0.2) is 74.4 Å². The zero-order valence-corrected chi connectivity index (χ0v) is 18.8. The summed E-state index contributed by atoms with van der Waals surface area (Å²) in [4.78, 5) is 22.1. The number of rotatable bonds is 4. The fourth-order valence-corrected chi connectivity index (χ4v) is 4.43. The summed E-state index contributed by atoms with van der Waals surface area (Å²) in [5.41, 5.74) is 7.51. The van der Waals surface area contributed by atoms with E-state index in [0.717, 1.165) is 5.57 Å². The number of fused-ring (bicyclic) bond motifs is 2. The van der Waals surface area contributed by atoms with Gasteiger partial charge in [-0.25, -0.2) is 23.4 Å². The van der Waals surface area contributed by atoms with Crippen LogP contribution in [-0.2, 0) is 0 Å². The van der Waals surface area contributed by atoms with E-state index >= 15 is 0 Å². The third kappa shape index (κ3) is 3.28. The number of hydrogen-bond donors (Lipinski definition) is 1. The molecule has 5 aromatic rings. The van der Waals surface area contributed by atoms with E-state index in [0.29, 0.717) is 23.3 Å². The van der Waals surface area contributed by atoms with Gasteiger partial charge in [0, 0.05) is 5.57 Å². The summed E-state index contributed by atoms with van der Waals surface area (Å²) < 4.78 is 36.6. The van der Waals surface area contributed by atoms with Gasteiger partial charge in [-0.05, 0) is 36.8 Å². The Bertz CT molecular complexity index is 1810. The Balaban J connectivity index is 1.66. The van der Waals surface area contributed by atoms with Gasteiger partial charge in [0.25, 0.3) is 0 Å². The van der Waals surface area contributed by atoms with E-state index in [1.165, 1.54) is 42.7 Å². The van der Waals surface area contributed by atoms with Crippen molar-refractivity contribution in [3.8, 4) is 11.1 Å². The van der Waals surface area contributed by atoms with Crippen LogP contribution in [0.3, 0.4) is 0 Å². The van der Waals surface area contributed by atoms with E-state index in [1.54, 1.807) is 23.9 Å². The molecule has 9 nitrogen and oxygen atoms in total. The fraction of sp³-hybridized carbons (Fsp3) is 0.120. The predicted molar refractivity (Wildman–Crippen MR) is 129 cm³/mol. The molecule has 178 valence electrons. The van der Waals surface area contributed by atoms with Crippen molar-refractivity contribution in [3.63, 3.8) is 0 Å². The lowest BCUT2D eigenvalue weighted by Gasteiger charge is -2.17. The van der Waals surface area contributed by atoms with Crippen LogP contribution in [0.5, 0.6) is 0 Å². The lowest BCUT2D eigenvalue weighted by atomic mass is 9.99. The molecule has 0 radical (unpaired) electrons. The highest BCUT2D eigenvalue weighted by molar-refractivity contribution is 5.96. The van der Waals surface area contributed by atoms with Crippen molar-refractivity contribution in [1.82, 2.24) is 19.7 Å². The fourth-order valence-electron chi connectivity index (χ4n) is 4.43. The van der Waals surface area contributed by atoms with Crippen molar-refractivity contribution < 1.29 is 13.2 Å². The second-order valence-corrected chi connectivity index (χ2v) is 8.29. The van der Waals surface area contributed by atoms with E-state index in [9.17, 15) is 13.6 Å². The van der Waals surface area contributed by atoms with Gasteiger partial charge in [-0.15, -0.1) is 0 Å². The lowest BCUT2D eigenvalue weighted by molar-refractivity contribution is 0.443. The first-order valence-corrected chi connectivity index (χ1v) is 11.0. The van der Waals surface area contributed by atoms with Crippen molar-refractivity contribution in [2.75, 3.05) is 12.3 Å². The third-order valence-electron chi connectivity index (χ3n) is 6.11. The highest BCUT2D eigenvalue weighted by atomic mass is 19.1. The molecule has 11 heteroatoms. The molecule has 1 atom stereocenters. The van der Waals surface area contributed by atoms with Gasteiger partial charge in [0.05, 0.1) is 23.7 Å². The Labute approximate surface area is 201 Å². The van der Waals surface area contributed by atoms with Crippen LogP contribution in [0.4, 0.5) is 14.6 Å². The van der Waals surface area contributed by atoms with Crippen molar-refractivity contribution >= 4 is 33.4 Å². The highest BCUT2D eigenvalue weighted by Crippen LogP contribution is 2.36. The molecule has 4 heterocycles. The number of anilines is 1. The summed E-state index contributed by atoms with van der Waals surface area (Å²) in [6, 6.07) is 8.90. The normalized spacial score (nSPS) is 14.0. The lowest BCUT2D eigenvalue weighted by Crippen LogP contribution is -2.17. The van der Waals surface area contributed by atoms with Crippen LogP contribution in [0, 0.1) is 11.6 Å². The van der Waals surface area contributed by atoms with Gasteiger partial charge < -0.3 is 10.2 Å². The maximum atomic E-state index is 14.7. The summed E-state index contributed by atoms with van der Waals surface area (Å²) in [5, 5.41) is 12.9. The zero-order valence-electron chi connectivity index (χ0n) is 18.8. The van der Waals surface area contributed by atoms with Gasteiger partial charge in [-0.3, -0.25) is 4.79 Å². The molecule has 1 aliphatic heterocycles. The van der Waals surface area contributed by atoms with E-state index in [-0.39, 0.29) is 33.7 Å². The molecule has 2 N–H and O–H groups in total. The van der Waals surface area contributed by atoms with Crippen LogP contribution in [0.2, 0.25) is 0 Å². The minimum Gasteiger partial charge on any atom is -0.458 e. The van der Waals surface area contributed by atoms with Gasteiger partial charge in [-0.1, -0.05) is 18.2 Å². The van der Waals surface area contributed by atoms with Crippen molar-refractivity contribution in [2.24, 2.45) is 10.2 Å². The first kappa shape index (κ1) is 21.7. The van der Waals surface area contributed by atoms with Gasteiger partial charge in [0.2, 0.25) is 5.43 Å². The van der Waals surface area contributed by atoms with Crippen molar-refractivity contribution in [2.45, 2.75) is 13.0 Å². The number of azo groups is 1. The summed E-state index contributed by atoms with van der Waals surface area (Å²) in [7, 11) is 0. The van der Waals surface area contributed by atoms with Crippen LogP contribution in [0.25, 0.3) is 38.7 Å². The summed E-state index contributed by atoms with van der Waals surface area (Å²) in [6.07, 6.45) is 2.89. The molecule has 6 rings (SSSR count). The number of aromatic nitrogens is 4. The Morgan fingerprint density at radius 3 is 2.72 bits per heavy atom. The number of nitrogen functional groups attached to an aromatic ring is 1. The van der Waals surface area contributed by atoms with E-state index < -0.39 is 23.1 Å². The standard InChI is InChI=1S/C25H17F2N7O2/c1-12(34-25-20(24(28)29-11-30-25)21(33-34)14-9-31-32-10-14)23-18(13-4-2-5-15(26)8-13)22(35)19-16(27)6-3-7-17(19)36-23/h2-9,11-12H,10H2,1H3,(H2,28,29,30). The quantitative estimate of drug-likeness (QED) is 0.387. The van der Waals surface area contributed by atoms with Gasteiger partial charge in [0.1, 0.15) is 52.2 Å². The monoisotopic (exact) mass is 485 g/mol. The molecular weight excluding hydrogens is 468 g/mol. The van der Waals surface area contributed by atoms with E-state index in [1.807, 2.05) is 0 Å². The molecule has 1 unspecified atom stereocenters. The summed E-state index contributed by atoms with van der Waals surface area (Å²) in [6.45, 7) is 2.06. The average Bonchev–Trinajstić information content (AvgIpc) is 3.52. The highest BCUT2D eigenvalue weighted by Gasteiger charge is 2.28. The molecule has 0 saturated heterocycles. The maximum Gasteiger partial charge on any atom is 0.203 e. The SMILES string of the molecule is CC(c1oc2cccc(F)c2c(=O)c1-c1cccc(F)c1)n1nc(C2=CN=NC2)c2c(N)ncnc21. The minimum atomic E-state index is -0.731. The number of benzene rings is 2. The largest absolute Gasteiger partial charge is 0.458 e. The van der Waals surface area contributed by atoms with E-state index in [2.05, 4.69) is 20.2 Å². The van der Waals surface area contributed by atoms with Crippen LogP contribution >= 0.6 is 0 Å². The molecular formula is C25H17F2N7O2. The topological polar surface area (TPSA) is 125 Å². The van der Waals surface area contributed by atoms with Gasteiger partial charge >= 0.3 is 0 Å². The Morgan fingerprint density at radius 2 is 1.94 bits per heavy atom. The summed E-state index contributed by atoms with van der Waals surface area (Å²) >= 11 is 0. The number of hydrogen-bond acceptors (Lipinski definition) is 8. The second kappa shape index (κ2) is 8.15. The Hall–Kier alpha value is -4.80. The molecule has 0 fully saturated rings. The maximum absolute atomic E-state index is 14.7. The van der Waals surface area contributed by atoms with Crippen LogP contribution in [-0.4, -0.2) is 26.3 Å². The predicted octanol–water partition coefficient (Wildman–Crippen LogP) is 4.88. The molecule has 0 aliphatic carbocycles.